The largest absolute Gasteiger partial charge is 0.493 e. The van der Waals surface area contributed by atoms with Crippen molar-refractivity contribution in [2.24, 2.45) is 0 Å². The van der Waals surface area contributed by atoms with Crippen molar-refractivity contribution in [1.82, 2.24) is 5.32 Å². The van der Waals surface area contributed by atoms with Crippen molar-refractivity contribution >= 4 is 15.9 Å². The van der Waals surface area contributed by atoms with Crippen LogP contribution in [0.25, 0.3) is 0 Å². The molecule has 1 unspecified atom stereocenters. The van der Waals surface area contributed by atoms with Gasteiger partial charge < -0.3 is 14.8 Å². The highest BCUT2D eigenvalue weighted by molar-refractivity contribution is 9.10. The molecule has 0 aromatic heterocycles. The van der Waals surface area contributed by atoms with Crippen LogP contribution in [0.4, 0.5) is 0 Å². The fraction of sp³-hybridized carbons (Fsp3) is 0.625. The Morgan fingerprint density at radius 2 is 2.30 bits per heavy atom. The molecule has 1 aromatic carbocycles. The molecular formula is C16H24BrNO2. The summed E-state index contributed by atoms with van der Waals surface area (Å²) >= 11 is 3.61. The second-order valence-corrected chi connectivity index (χ2v) is 6.16. The molecule has 1 atom stereocenters. The molecule has 0 fully saturated rings. The molecule has 3 nitrogen and oxygen atoms in total. The van der Waals surface area contributed by atoms with Crippen molar-refractivity contribution in [3.63, 3.8) is 0 Å². The summed E-state index contributed by atoms with van der Waals surface area (Å²) in [5.41, 5.74) is 2.65. The first-order chi connectivity index (χ1) is 9.74. The first-order valence-corrected chi connectivity index (χ1v) is 8.20. The van der Waals surface area contributed by atoms with E-state index in [4.69, 9.17) is 9.47 Å². The number of likely N-dealkylation sites (N-methyl/N-ethyl adjacent to an activating group) is 1. The van der Waals surface area contributed by atoms with E-state index in [1.54, 1.807) is 7.11 Å². The maximum Gasteiger partial charge on any atom is 0.125 e. The molecule has 1 aliphatic heterocycles. The van der Waals surface area contributed by atoms with Crippen LogP contribution in [0.3, 0.4) is 0 Å². The Morgan fingerprint density at radius 1 is 1.45 bits per heavy atom. The third-order valence-electron chi connectivity index (χ3n) is 3.69. The van der Waals surface area contributed by atoms with Gasteiger partial charge in [-0.3, -0.25) is 0 Å². The molecule has 1 aromatic rings. The monoisotopic (exact) mass is 341 g/mol. The maximum absolute atomic E-state index is 5.82. The number of hydrogen-bond acceptors (Lipinski definition) is 3. The van der Waals surface area contributed by atoms with Gasteiger partial charge in [-0.25, -0.2) is 0 Å². The van der Waals surface area contributed by atoms with E-state index in [0.29, 0.717) is 6.04 Å². The highest BCUT2D eigenvalue weighted by Crippen LogP contribution is 2.34. The standard InChI is InChI=1S/C16H24BrNO2/c1-3-18-15(5-4-7-19-2)11-13-10-14(17)9-12-6-8-20-16(12)13/h9-10,15,18H,3-8,11H2,1-2H3. The van der Waals surface area contributed by atoms with Gasteiger partial charge in [-0.2, -0.15) is 0 Å². The van der Waals surface area contributed by atoms with Crippen LogP contribution >= 0.6 is 15.9 Å². The molecule has 4 heteroatoms. The van der Waals surface area contributed by atoms with E-state index < -0.39 is 0 Å². The first-order valence-electron chi connectivity index (χ1n) is 7.41. The van der Waals surface area contributed by atoms with E-state index in [1.165, 1.54) is 11.1 Å². The summed E-state index contributed by atoms with van der Waals surface area (Å²) in [5, 5.41) is 3.57. The molecule has 0 bridgehead atoms. The van der Waals surface area contributed by atoms with E-state index in [2.05, 4.69) is 40.3 Å². The number of fused-ring (bicyclic) bond motifs is 1. The summed E-state index contributed by atoms with van der Waals surface area (Å²) in [6, 6.07) is 4.86. The third kappa shape index (κ3) is 4.21. The number of ether oxygens (including phenoxy) is 2. The second kappa shape index (κ2) is 8.01. The van der Waals surface area contributed by atoms with E-state index in [-0.39, 0.29) is 0 Å². The van der Waals surface area contributed by atoms with Gasteiger partial charge in [-0.1, -0.05) is 22.9 Å². The molecule has 1 aliphatic rings. The second-order valence-electron chi connectivity index (χ2n) is 5.25. The number of benzene rings is 1. The highest BCUT2D eigenvalue weighted by Gasteiger charge is 2.19. The first kappa shape index (κ1) is 15.8. The molecular weight excluding hydrogens is 318 g/mol. The van der Waals surface area contributed by atoms with Crippen LogP contribution in [0, 0.1) is 0 Å². The van der Waals surface area contributed by atoms with E-state index >= 15 is 0 Å². The SMILES string of the molecule is CCNC(CCCOC)Cc1cc(Br)cc2c1OCC2. The number of nitrogens with one attached hydrogen (secondary N) is 1. The van der Waals surface area contributed by atoms with Crippen molar-refractivity contribution in [2.45, 2.75) is 38.6 Å². The van der Waals surface area contributed by atoms with Gasteiger partial charge in [-0.15, -0.1) is 0 Å². The quantitative estimate of drug-likeness (QED) is 0.735. The number of halogens is 1. The molecule has 0 aliphatic carbocycles. The molecule has 0 spiro atoms. The Morgan fingerprint density at radius 3 is 3.05 bits per heavy atom. The summed E-state index contributed by atoms with van der Waals surface area (Å²) in [5.74, 6) is 1.11. The van der Waals surface area contributed by atoms with E-state index in [1.807, 2.05) is 0 Å². The Balaban J connectivity index is 2.06. The normalized spacial score (nSPS) is 14.9. The van der Waals surface area contributed by atoms with Gasteiger partial charge in [0.1, 0.15) is 5.75 Å². The fourth-order valence-electron chi connectivity index (χ4n) is 2.80. The molecule has 20 heavy (non-hydrogen) atoms. The molecule has 2 rings (SSSR count). The fourth-order valence-corrected chi connectivity index (χ4v) is 3.35. The Bertz CT molecular complexity index is 437. The third-order valence-corrected chi connectivity index (χ3v) is 4.14. The number of methoxy groups -OCH3 is 1. The minimum Gasteiger partial charge on any atom is -0.493 e. The zero-order chi connectivity index (χ0) is 14.4. The molecule has 112 valence electrons. The van der Waals surface area contributed by atoms with Crippen LogP contribution in [0.5, 0.6) is 5.75 Å². The number of rotatable bonds is 8. The highest BCUT2D eigenvalue weighted by atomic mass is 79.9. The Hall–Kier alpha value is -0.580. The molecule has 0 saturated heterocycles. The van der Waals surface area contributed by atoms with Gasteiger partial charge in [0.05, 0.1) is 6.61 Å². The Labute approximate surface area is 130 Å². The minimum absolute atomic E-state index is 0.484. The smallest absolute Gasteiger partial charge is 0.125 e. The lowest BCUT2D eigenvalue weighted by Crippen LogP contribution is -2.31. The molecule has 1 N–H and O–H groups in total. The van der Waals surface area contributed by atoms with Crippen LogP contribution in [0.2, 0.25) is 0 Å². The van der Waals surface area contributed by atoms with Crippen molar-refractivity contribution < 1.29 is 9.47 Å². The predicted molar refractivity (Wildman–Crippen MR) is 85.6 cm³/mol. The zero-order valence-electron chi connectivity index (χ0n) is 12.4. The Kier molecular flexibility index (Phi) is 6.33. The van der Waals surface area contributed by atoms with E-state index in [9.17, 15) is 0 Å². The molecule has 0 amide bonds. The maximum atomic E-state index is 5.82. The average Bonchev–Trinajstić information content (AvgIpc) is 2.87. The predicted octanol–water partition coefficient (Wildman–Crippen LogP) is 3.33. The van der Waals surface area contributed by atoms with Gasteiger partial charge in [0.25, 0.3) is 0 Å². The lowest BCUT2D eigenvalue weighted by molar-refractivity contribution is 0.188. The summed E-state index contributed by atoms with van der Waals surface area (Å²) in [4.78, 5) is 0. The summed E-state index contributed by atoms with van der Waals surface area (Å²) < 4.78 is 12.1. The van der Waals surface area contributed by atoms with Crippen molar-refractivity contribution in [3.8, 4) is 5.75 Å². The minimum atomic E-state index is 0.484. The van der Waals surface area contributed by atoms with Gasteiger partial charge in [-0.05, 0) is 49.1 Å². The van der Waals surface area contributed by atoms with Crippen molar-refractivity contribution in [3.05, 3.63) is 27.7 Å². The van der Waals surface area contributed by atoms with Crippen LogP contribution in [0.1, 0.15) is 30.9 Å². The molecule has 1 heterocycles. The van der Waals surface area contributed by atoms with Gasteiger partial charge in [0.2, 0.25) is 0 Å². The van der Waals surface area contributed by atoms with Gasteiger partial charge >= 0.3 is 0 Å². The zero-order valence-corrected chi connectivity index (χ0v) is 14.0. The van der Waals surface area contributed by atoms with Crippen molar-refractivity contribution in [2.75, 3.05) is 26.9 Å². The summed E-state index contributed by atoms with van der Waals surface area (Å²) in [7, 11) is 1.76. The topological polar surface area (TPSA) is 30.5 Å². The number of hydrogen-bond donors (Lipinski definition) is 1. The van der Waals surface area contributed by atoms with Crippen LogP contribution in [-0.4, -0.2) is 32.9 Å². The molecule has 0 radical (unpaired) electrons. The van der Waals surface area contributed by atoms with E-state index in [0.717, 1.165) is 55.7 Å². The van der Waals surface area contributed by atoms with Crippen LogP contribution in [0.15, 0.2) is 16.6 Å². The molecule has 0 saturated carbocycles. The summed E-state index contributed by atoms with van der Waals surface area (Å²) in [6.07, 6.45) is 4.25. The van der Waals surface area contributed by atoms with Gasteiger partial charge in [0, 0.05) is 30.7 Å². The van der Waals surface area contributed by atoms with Crippen LogP contribution in [-0.2, 0) is 17.6 Å². The average molecular weight is 342 g/mol. The van der Waals surface area contributed by atoms with Gasteiger partial charge in [0.15, 0.2) is 0 Å². The summed E-state index contributed by atoms with van der Waals surface area (Å²) in [6.45, 7) is 4.79. The lowest BCUT2D eigenvalue weighted by atomic mass is 9.99. The van der Waals surface area contributed by atoms with Crippen LogP contribution < -0.4 is 10.1 Å². The van der Waals surface area contributed by atoms with Crippen molar-refractivity contribution in [1.29, 1.82) is 0 Å². The lowest BCUT2D eigenvalue weighted by Gasteiger charge is -2.19.